The van der Waals surface area contributed by atoms with Crippen LogP contribution >= 0.6 is 11.8 Å². The number of benzene rings is 1. The first-order chi connectivity index (χ1) is 15.6. The van der Waals surface area contributed by atoms with Gasteiger partial charge in [-0.1, -0.05) is 17.8 Å². The largest absolute Gasteiger partial charge is 0.362 e. The normalized spacial score (nSPS) is 20.8. The molecule has 2 aromatic heterocycles. The van der Waals surface area contributed by atoms with Gasteiger partial charge in [0.15, 0.2) is 11.0 Å². The summed E-state index contributed by atoms with van der Waals surface area (Å²) >= 11 is 1.67. The van der Waals surface area contributed by atoms with Gasteiger partial charge in [0.05, 0.1) is 6.20 Å². The van der Waals surface area contributed by atoms with E-state index in [4.69, 9.17) is 0 Å². The number of hydrogen-bond donors (Lipinski definition) is 0. The summed E-state index contributed by atoms with van der Waals surface area (Å²) < 4.78 is 30.5. The van der Waals surface area contributed by atoms with Gasteiger partial charge in [0, 0.05) is 50.9 Å². The molecular formula is C22H25F2N7S. The minimum absolute atomic E-state index is 0.138. The SMILES string of the molecule is Cn1c(SCCCN2CC3CCN(c4c(F)cccc4F)C3C2)nnc1-c1cnccn1. The number of aromatic nitrogens is 5. The second-order valence-corrected chi connectivity index (χ2v) is 9.36. The van der Waals surface area contributed by atoms with Crippen LogP contribution in [0.25, 0.3) is 11.5 Å². The highest BCUT2D eigenvalue weighted by Crippen LogP contribution is 2.37. The molecule has 0 saturated carbocycles. The van der Waals surface area contributed by atoms with Crippen molar-refractivity contribution >= 4 is 17.4 Å². The summed E-state index contributed by atoms with van der Waals surface area (Å²) in [5.41, 5.74) is 0.840. The summed E-state index contributed by atoms with van der Waals surface area (Å²) in [4.78, 5) is 12.7. The average molecular weight is 458 g/mol. The number of nitrogens with zero attached hydrogens (tertiary/aromatic N) is 7. The lowest BCUT2D eigenvalue weighted by atomic mass is 10.0. The van der Waals surface area contributed by atoms with Crippen molar-refractivity contribution in [3.63, 3.8) is 0 Å². The summed E-state index contributed by atoms with van der Waals surface area (Å²) in [6.07, 6.45) is 6.94. The first kappa shape index (κ1) is 21.3. The summed E-state index contributed by atoms with van der Waals surface area (Å²) in [6, 6.07) is 4.30. The van der Waals surface area contributed by atoms with Gasteiger partial charge in [-0.25, -0.2) is 13.8 Å². The van der Waals surface area contributed by atoms with E-state index in [1.54, 1.807) is 30.4 Å². The van der Waals surface area contributed by atoms with E-state index in [1.165, 1.54) is 18.2 Å². The molecule has 168 valence electrons. The first-order valence-corrected chi connectivity index (χ1v) is 11.8. The first-order valence-electron chi connectivity index (χ1n) is 10.8. The van der Waals surface area contributed by atoms with Crippen LogP contribution in [0.1, 0.15) is 12.8 Å². The molecule has 0 bridgehead atoms. The molecule has 0 radical (unpaired) electrons. The molecule has 5 rings (SSSR count). The second-order valence-electron chi connectivity index (χ2n) is 8.30. The highest BCUT2D eigenvalue weighted by Gasteiger charge is 2.42. The zero-order valence-electron chi connectivity index (χ0n) is 17.9. The van der Waals surface area contributed by atoms with E-state index >= 15 is 0 Å². The number of likely N-dealkylation sites (tertiary alicyclic amines) is 1. The maximum absolute atomic E-state index is 14.3. The molecule has 7 nitrogen and oxygen atoms in total. The number of para-hydroxylation sites is 1. The van der Waals surface area contributed by atoms with E-state index in [0.29, 0.717) is 17.4 Å². The lowest BCUT2D eigenvalue weighted by Crippen LogP contribution is -2.36. The number of thioether (sulfide) groups is 1. The molecule has 0 spiro atoms. The summed E-state index contributed by atoms with van der Waals surface area (Å²) in [6.45, 7) is 3.52. The topological polar surface area (TPSA) is 63.0 Å². The molecule has 1 aromatic carbocycles. The highest BCUT2D eigenvalue weighted by atomic mass is 32.2. The lowest BCUT2D eigenvalue weighted by Gasteiger charge is -2.27. The Bertz CT molecular complexity index is 1060. The molecule has 2 fully saturated rings. The predicted molar refractivity (Wildman–Crippen MR) is 119 cm³/mol. The van der Waals surface area contributed by atoms with Crippen molar-refractivity contribution in [1.29, 1.82) is 0 Å². The Balaban J connectivity index is 1.13. The summed E-state index contributed by atoms with van der Waals surface area (Å²) in [5.74, 6) is 1.16. The third-order valence-electron chi connectivity index (χ3n) is 6.33. The summed E-state index contributed by atoms with van der Waals surface area (Å²) in [7, 11) is 1.93. The molecule has 0 amide bonds. The van der Waals surface area contributed by atoms with E-state index in [-0.39, 0.29) is 11.7 Å². The van der Waals surface area contributed by atoms with Gasteiger partial charge >= 0.3 is 0 Å². The van der Waals surface area contributed by atoms with E-state index in [0.717, 1.165) is 49.9 Å². The average Bonchev–Trinajstić information content (AvgIpc) is 3.47. The fourth-order valence-electron chi connectivity index (χ4n) is 4.80. The van der Waals surface area contributed by atoms with Crippen LogP contribution in [-0.4, -0.2) is 67.6 Å². The van der Waals surface area contributed by atoms with Gasteiger partial charge in [0.1, 0.15) is 23.0 Å². The van der Waals surface area contributed by atoms with Gasteiger partial charge in [-0.3, -0.25) is 4.98 Å². The van der Waals surface area contributed by atoms with E-state index in [1.807, 2.05) is 16.5 Å². The van der Waals surface area contributed by atoms with Crippen LogP contribution in [0.4, 0.5) is 14.5 Å². The molecule has 10 heteroatoms. The molecule has 2 saturated heterocycles. The maximum Gasteiger partial charge on any atom is 0.191 e. The number of halogens is 2. The van der Waals surface area contributed by atoms with E-state index < -0.39 is 11.6 Å². The number of rotatable bonds is 7. The Hall–Kier alpha value is -2.59. The van der Waals surface area contributed by atoms with Gasteiger partial charge in [-0.05, 0) is 37.4 Å². The zero-order valence-corrected chi connectivity index (χ0v) is 18.7. The molecule has 2 aliphatic rings. The number of fused-ring (bicyclic) bond motifs is 1. The van der Waals surface area contributed by atoms with Gasteiger partial charge in [0.25, 0.3) is 0 Å². The molecule has 0 N–H and O–H groups in total. The van der Waals surface area contributed by atoms with Crippen molar-refractivity contribution in [3.05, 3.63) is 48.4 Å². The van der Waals surface area contributed by atoms with Crippen LogP contribution in [0.15, 0.2) is 41.9 Å². The number of anilines is 1. The van der Waals surface area contributed by atoms with Crippen molar-refractivity contribution in [2.75, 3.05) is 36.8 Å². The Morgan fingerprint density at radius 1 is 1.12 bits per heavy atom. The van der Waals surface area contributed by atoms with Crippen LogP contribution in [0.2, 0.25) is 0 Å². The van der Waals surface area contributed by atoms with Crippen LogP contribution in [0.3, 0.4) is 0 Å². The zero-order chi connectivity index (χ0) is 22.1. The van der Waals surface area contributed by atoms with Crippen LogP contribution in [-0.2, 0) is 7.05 Å². The maximum atomic E-state index is 14.3. The summed E-state index contributed by atoms with van der Waals surface area (Å²) in [5, 5.41) is 9.38. The van der Waals surface area contributed by atoms with E-state index in [9.17, 15) is 8.78 Å². The fourth-order valence-corrected chi connectivity index (χ4v) is 5.64. The van der Waals surface area contributed by atoms with Crippen molar-refractivity contribution in [3.8, 4) is 11.5 Å². The molecule has 0 aliphatic carbocycles. The molecular weight excluding hydrogens is 432 g/mol. The lowest BCUT2D eigenvalue weighted by molar-refractivity contribution is 0.318. The molecule has 2 atom stereocenters. The molecule has 3 aromatic rings. The van der Waals surface area contributed by atoms with Crippen molar-refractivity contribution in [2.24, 2.45) is 13.0 Å². The van der Waals surface area contributed by atoms with Crippen molar-refractivity contribution in [1.82, 2.24) is 29.6 Å². The third-order valence-corrected chi connectivity index (χ3v) is 7.43. The van der Waals surface area contributed by atoms with Crippen molar-refractivity contribution in [2.45, 2.75) is 24.0 Å². The fraction of sp³-hybridized carbons (Fsp3) is 0.455. The van der Waals surface area contributed by atoms with Gasteiger partial charge in [0.2, 0.25) is 0 Å². The molecule has 4 heterocycles. The van der Waals surface area contributed by atoms with Crippen LogP contribution in [0.5, 0.6) is 0 Å². The monoisotopic (exact) mass is 457 g/mol. The molecule has 32 heavy (non-hydrogen) atoms. The highest BCUT2D eigenvalue weighted by molar-refractivity contribution is 7.99. The van der Waals surface area contributed by atoms with Gasteiger partial charge < -0.3 is 14.4 Å². The quantitative estimate of drug-likeness (QED) is 0.399. The minimum Gasteiger partial charge on any atom is -0.362 e. The smallest absolute Gasteiger partial charge is 0.191 e. The van der Waals surface area contributed by atoms with Crippen LogP contribution in [0, 0.1) is 17.6 Å². The minimum atomic E-state index is -0.468. The Morgan fingerprint density at radius 2 is 1.97 bits per heavy atom. The van der Waals surface area contributed by atoms with Crippen LogP contribution < -0.4 is 4.90 Å². The Morgan fingerprint density at radius 3 is 2.75 bits per heavy atom. The third kappa shape index (κ3) is 4.09. The van der Waals surface area contributed by atoms with E-state index in [2.05, 4.69) is 25.1 Å². The van der Waals surface area contributed by atoms with Crippen molar-refractivity contribution < 1.29 is 8.78 Å². The Kier molecular flexibility index (Phi) is 6.05. The Labute approximate surface area is 189 Å². The molecule has 2 unspecified atom stereocenters. The predicted octanol–water partition coefficient (Wildman–Crippen LogP) is 3.24. The standard InChI is InChI=1S/C22H25F2N7S/c1-29-21(18-12-25-7-8-26-18)27-28-22(29)32-11-3-9-30-13-15-6-10-31(19(15)14-30)20-16(23)4-2-5-17(20)24/h2,4-5,7-8,12,15,19H,3,6,9-11,13-14H2,1H3. The van der Waals surface area contributed by atoms with Gasteiger partial charge in [-0.15, -0.1) is 10.2 Å². The van der Waals surface area contributed by atoms with Gasteiger partial charge in [-0.2, -0.15) is 0 Å². The molecule has 2 aliphatic heterocycles. The number of hydrogen-bond acceptors (Lipinski definition) is 7. The second kappa shape index (κ2) is 9.11.